The van der Waals surface area contributed by atoms with E-state index >= 15 is 0 Å². The summed E-state index contributed by atoms with van der Waals surface area (Å²) < 4.78 is 5.15. The molecule has 0 aliphatic heterocycles. The van der Waals surface area contributed by atoms with Crippen LogP contribution in [0.25, 0.3) is 0 Å². The average Bonchev–Trinajstić information content (AvgIpc) is 2.18. The van der Waals surface area contributed by atoms with Gasteiger partial charge in [-0.2, -0.15) is 0 Å². The van der Waals surface area contributed by atoms with Crippen LogP contribution in [0.2, 0.25) is 0 Å². The number of aryl methyl sites for hydroxylation is 1. The highest BCUT2D eigenvalue weighted by Gasteiger charge is 2.12. The Morgan fingerprint density at radius 1 is 1.47 bits per heavy atom. The van der Waals surface area contributed by atoms with Gasteiger partial charge in [0.05, 0.1) is 12.8 Å². The largest absolute Gasteiger partial charge is 0.494 e. The van der Waals surface area contributed by atoms with Gasteiger partial charge in [-0.05, 0) is 18.6 Å². The van der Waals surface area contributed by atoms with Crippen LogP contribution in [0.1, 0.15) is 22.8 Å². The monoisotopic (exact) mass is 207 g/mol. The minimum atomic E-state index is -0.234. The van der Waals surface area contributed by atoms with Gasteiger partial charge in [0.15, 0.2) is 6.29 Å². The van der Waals surface area contributed by atoms with Gasteiger partial charge >= 0.3 is 0 Å². The van der Waals surface area contributed by atoms with Gasteiger partial charge in [-0.15, -0.1) is 0 Å². The standard InChI is InChI=1S/C11H13NO3/c1-7-4-5-9(6-13)10(11(7)15-3)12-8(2)14/h4-6H,1-3H3,(H,12,14). The Labute approximate surface area is 88.2 Å². The molecule has 0 spiro atoms. The number of nitrogens with one attached hydrogen (secondary N) is 1. The van der Waals surface area contributed by atoms with Crippen molar-refractivity contribution < 1.29 is 14.3 Å². The van der Waals surface area contributed by atoms with Gasteiger partial charge in [0.2, 0.25) is 5.91 Å². The van der Waals surface area contributed by atoms with E-state index in [0.717, 1.165) is 5.56 Å². The number of amides is 1. The number of carbonyl (C=O) groups excluding carboxylic acids is 2. The molecular formula is C11H13NO3. The van der Waals surface area contributed by atoms with E-state index in [1.165, 1.54) is 14.0 Å². The highest BCUT2D eigenvalue weighted by Crippen LogP contribution is 2.31. The van der Waals surface area contributed by atoms with Crippen molar-refractivity contribution in [2.24, 2.45) is 0 Å². The number of methoxy groups -OCH3 is 1. The van der Waals surface area contributed by atoms with Crippen LogP contribution in [-0.2, 0) is 4.79 Å². The molecule has 1 aromatic carbocycles. The summed E-state index contributed by atoms with van der Waals surface area (Å²) >= 11 is 0. The zero-order valence-electron chi connectivity index (χ0n) is 8.96. The van der Waals surface area contributed by atoms with Crippen LogP contribution in [0.15, 0.2) is 12.1 Å². The van der Waals surface area contributed by atoms with Gasteiger partial charge < -0.3 is 10.1 Å². The maximum absolute atomic E-state index is 11.0. The van der Waals surface area contributed by atoms with Crippen LogP contribution in [0.3, 0.4) is 0 Å². The summed E-state index contributed by atoms with van der Waals surface area (Å²) in [4.78, 5) is 21.8. The first kappa shape index (κ1) is 11.2. The summed E-state index contributed by atoms with van der Waals surface area (Å²) in [5.41, 5.74) is 1.71. The van der Waals surface area contributed by atoms with Crippen molar-refractivity contribution in [2.45, 2.75) is 13.8 Å². The SMILES string of the molecule is COc1c(C)ccc(C=O)c1NC(C)=O. The maximum Gasteiger partial charge on any atom is 0.221 e. The van der Waals surface area contributed by atoms with E-state index in [4.69, 9.17) is 4.74 Å². The molecule has 0 bridgehead atoms. The second kappa shape index (κ2) is 4.59. The smallest absolute Gasteiger partial charge is 0.221 e. The third-order valence-electron chi connectivity index (χ3n) is 2.02. The zero-order valence-corrected chi connectivity index (χ0v) is 8.96. The molecular weight excluding hydrogens is 194 g/mol. The summed E-state index contributed by atoms with van der Waals surface area (Å²) in [6.45, 7) is 3.23. The summed E-state index contributed by atoms with van der Waals surface area (Å²) in [7, 11) is 1.50. The molecule has 1 rings (SSSR count). The van der Waals surface area contributed by atoms with Gasteiger partial charge in [-0.25, -0.2) is 0 Å². The average molecular weight is 207 g/mol. The molecule has 0 aliphatic rings. The van der Waals surface area contributed by atoms with Crippen LogP contribution in [0, 0.1) is 6.92 Å². The summed E-state index contributed by atoms with van der Waals surface area (Å²) in [6.07, 6.45) is 0.688. The number of rotatable bonds is 3. The second-order valence-electron chi connectivity index (χ2n) is 3.18. The fourth-order valence-corrected chi connectivity index (χ4v) is 1.37. The predicted octanol–water partition coefficient (Wildman–Crippen LogP) is 1.77. The minimum Gasteiger partial charge on any atom is -0.494 e. The van der Waals surface area contributed by atoms with Crippen molar-refractivity contribution in [3.63, 3.8) is 0 Å². The molecule has 0 aromatic heterocycles. The molecule has 4 heteroatoms. The quantitative estimate of drug-likeness (QED) is 0.768. The highest BCUT2D eigenvalue weighted by molar-refractivity contribution is 5.97. The molecule has 80 valence electrons. The lowest BCUT2D eigenvalue weighted by Gasteiger charge is -2.13. The van der Waals surface area contributed by atoms with E-state index in [1.807, 2.05) is 6.92 Å². The molecule has 0 aliphatic carbocycles. The Balaban J connectivity index is 3.33. The number of ether oxygens (including phenoxy) is 1. The summed E-state index contributed by atoms with van der Waals surface area (Å²) in [5, 5.41) is 2.59. The topological polar surface area (TPSA) is 55.4 Å². The van der Waals surface area contributed by atoms with Gasteiger partial charge in [-0.3, -0.25) is 9.59 Å². The number of anilines is 1. The van der Waals surface area contributed by atoms with Crippen molar-refractivity contribution in [3.05, 3.63) is 23.3 Å². The molecule has 1 aromatic rings. The first-order valence-corrected chi connectivity index (χ1v) is 4.50. The Kier molecular flexibility index (Phi) is 3.44. The van der Waals surface area contributed by atoms with Crippen LogP contribution < -0.4 is 10.1 Å². The minimum absolute atomic E-state index is 0.234. The van der Waals surface area contributed by atoms with Crippen LogP contribution in [0.4, 0.5) is 5.69 Å². The Morgan fingerprint density at radius 2 is 2.13 bits per heavy atom. The zero-order chi connectivity index (χ0) is 11.4. The fraction of sp³-hybridized carbons (Fsp3) is 0.273. The number of benzene rings is 1. The van der Waals surface area contributed by atoms with Gasteiger partial charge in [-0.1, -0.05) is 6.07 Å². The van der Waals surface area contributed by atoms with E-state index in [-0.39, 0.29) is 5.91 Å². The molecule has 0 fully saturated rings. The molecule has 0 saturated heterocycles. The lowest BCUT2D eigenvalue weighted by Crippen LogP contribution is -2.10. The molecule has 0 heterocycles. The molecule has 4 nitrogen and oxygen atoms in total. The van der Waals surface area contributed by atoms with E-state index in [9.17, 15) is 9.59 Å². The Bertz CT molecular complexity index is 399. The lowest BCUT2D eigenvalue weighted by molar-refractivity contribution is -0.114. The Hall–Kier alpha value is -1.84. The van der Waals surface area contributed by atoms with Crippen molar-refractivity contribution in [1.82, 2.24) is 0 Å². The van der Waals surface area contributed by atoms with E-state index < -0.39 is 0 Å². The van der Waals surface area contributed by atoms with Crippen molar-refractivity contribution >= 4 is 17.9 Å². The molecule has 0 radical (unpaired) electrons. The van der Waals surface area contributed by atoms with Crippen LogP contribution in [-0.4, -0.2) is 19.3 Å². The highest BCUT2D eigenvalue weighted by atomic mass is 16.5. The maximum atomic E-state index is 11.0. The molecule has 0 atom stereocenters. The number of carbonyl (C=O) groups is 2. The molecule has 0 unspecified atom stereocenters. The third-order valence-corrected chi connectivity index (χ3v) is 2.02. The number of hydrogen-bond acceptors (Lipinski definition) is 3. The number of hydrogen-bond donors (Lipinski definition) is 1. The van der Waals surface area contributed by atoms with Gasteiger partial charge in [0, 0.05) is 12.5 Å². The first-order valence-electron chi connectivity index (χ1n) is 4.50. The van der Waals surface area contributed by atoms with Crippen molar-refractivity contribution in [1.29, 1.82) is 0 Å². The molecule has 1 amide bonds. The van der Waals surface area contributed by atoms with Gasteiger partial charge in [0.1, 0.15) is 5.75 Å². The molecule has 15 heavy (non-hydrogen) atoms. The van der Waals surface area contributed by atoms with Gasteiger partial charge in [0.25, 0.3) is 0 Å². The first-order chi connectivity index (χ1) is 7.10. The van der Waals surface area contributed by atoms with Crippen LogP contribution in [0.5, 0.6) is 5.75 Å². The molecule has 1 N–H and O–H groups in total. The predicted molar refractivity (Wildman–Crippen MR) is 57.4 cm³/mol. The second-order valence-corrected chi connectivity index (χ2v) is 3.18. The van der Waals surface area contributed by atoms with Crippen molar-refractivity contribution in [3.8, 4) is 5.75 Å². The summed E-state index contributed by atoms with van der Waals surface area (Å²) in [5.74, 6) is 0.289. The van der Waals surface area contributed by atoms with Crippen LogP contribution >= 0.6 is 0 Å². The molecule has 0 saturated carbocycles. The summed E-state index contributed by atoms with van der Waals surface area (Å²) in [6, 6.07) is 3.42. The lowest BCUT2D eigenvalue weighted by atomic mass is 10.1. The van der Waals surface area contributed by atoms with E-state index in [0.29, 0.717) is 23.3 Å². The Morgan fingerprint density at radius 3 is 2.60 bits per heavy atom. The fourth-order valence-electron chi connectivity index (χ4n) is 1.37. The third kappa shape index (κ3) is 2.34. The number of aldehydes is 1. The van der Waals surface area contributed by atoms with Crippen molar-refractivity contribution in [2.75, 3.05) is 12.4 Å². The van der Waals surface area contributed by atoms with E-state index in [1.54, 1.807) is 12.1 Å². The normalized spacial score (nSPS) is 9.53. The van der Waals surface area contributed by atoms with E-state index in [2.05, 4.69) is 5.32 Å².